The van der Waals surface area contributed by atoms with Crippen molar-refractivity contribution in [2.24, 2.45) is 5.41 Å². The summed E-state index contributed by atoms with van der Waals surface area (Å²) < 4.78 is 0. The van der Waals surface area contributed by atoms with E-state index in [1.54, 1.807) is 0 Å². The molecule has 0 aromatic rings. The quantitative estimate of drug-likeness (QED) is 0.515. The topological polar surface area (TPSA) is 32.3 Å². The average molecular weight is 141 g/mol. The van der Waals surface area contributed by atoms with Crippen LogP contribution in [0, 0.1) is 5.41 Å². The van der Waals surface area contributed by atoms with E-state index in [1.807, 2.05) is 0 Å². The first-order valence-corrected chi connectivity index (χ1v) is 4.11. The predicted octanol–water partition coefficient (Wildman–Crippen LogP) is 0.509. The van der Waals surface area contributed by atoms with Gasteiger partial charge in [0, 0.05) is 12.6 Å². The Morgan fingerprint density at radius 2 is 2.40 bits per heavy atom. The maximum atomic E-state index is 9.45. The number of fused-ring (bicyclic) bond motifs is 2. The van der Waals surface area contributed by atoms with E-state index in [1.165, 1.54) is 12.8 Å². The second-order valence-corrected chi connectivity index (χ2v) is 4.11. The Labute approximate surface area is 61.6 Å². The van der Waals surface area contributed by atoms with Crippen LogP contribution in [0.2, 0.25) is 0 Å². The summed E-state index contributed by atoms with van der Waals surface area (Å²) in [5.74, 6) is 0. The van der Waals surface area contributed by atoms with E-state index < -0.39 is 0 Å². The standard InChI is InChI=1S/C8H15NO/c1-8-3-2-7(10)6(4-8)9-5-8/h6-7,9-10H,2-5H2,1H3. The summed E-state index contributed by atoms with van der Waals surface area (Å²) >= 11 is 0. The van der Waals surface area contributed by atoms with Crippen LogP contribution in [0.25, 0.3) is 0 Å². The Balaban J connectivity index is 2.12. The van der Waals surface area contributed by atoms with Gasteiger partial charge in [-0.15, -0.1) is 0 Å². The van der Waals surface area contributed by atoms with Gasteiger partial charge in [0.25, 0.3) is 0 Å². The Morgan fingerprint density at radius 1 is 1.60 bits per heavy atom. The van der Waals surface area contributed by atoms with E-state index in [0.29, 0.717) is 11.5 Å². The molecule has 2 bridgehead atoms. The van der Waals surface area contributed by atoms with Crippen molar-refractivity contribution in [1.29, 1.82) is 0 Å². The predicted molar refractivity (Wildman–Crippen MR) is 39.8 cm³/mol. The lowest BCUT2D eigenvalue weighted by Crippen LogP contribution is -2.36. The number of nitrogens with one attached hydrogen (secondary N) is 1. The SMILES string of the molecule is CC12CCC(O)C(C1)NC2. The first-order chi connectivity index (χ1) is 4.70. The summed E-state index contributed by atoms with van der Waals surface area (Å²) in [5.41, 5.74) is 0.504. The molecular formula is C8H15NO. The number of hydrogen-bond donors (Lipinski definition) is 2. The van der Waals surface area contributed by atoms with Crippen LogP contribution in [0.1, 0.15) is 26.2 Å². The highest BCUT2D eigenvalue weighted by atomic mass is 16.3. The molecule has 0 amide bonds. The van der Waals surface area contributed by atoms with Crippen molar-refractivity contribution in [3.63, 3.8) is 0 Å². The molecule has 1 heterocycles. The van der Waals surface area contributed by atoms with Gasteiger partial charge in [-0.3, -0.25) is 0 Å². The summed E-state index contributed by atoms with van der Waals surface area (Å²) in [4.78, 5) is 0. The second-order valence-electron chi connectivity index (χ2n) is 4.11. The first kappa shape index (κ1) is 6.62. The average Bonchev–Trinajstić information content (AvgIpc) is 2.23. The van der Waals surface area contributed by atoms with Crippen LogP contribution in [0.3, 0.4) is 0 Å². The van der Waals surface area contributed by atoms with Crippen molar-refractivity contribution in [3.8, 4) is 0 Å². The molecule has 1 aliphatic carbocycles. The smallest absolute Gasteiger partial charge is 0.0693 e. The minimum atomic E-state index is -0.0735. The lowest BCUT2D eigenvalue weighted by molar-refractivity contribution is 0.0844. The molecule has 2 heteroatoms. The van der Waals surface area contributed by atoms with Crippen LogP contribution in [0.4, 0.5) is 0 Å². The lowest BCUT2D eigenvalue weighted by atomic mass is 9.76. The molecular weight excluding hydrogens is 126 g/mol. The summed E-state index contributed by atoms with van der Waals surface area (Å²) in [5, 5.41) is 12.8. The molecule has 3 atom stereocenters. The summed E-state index contributed by atoms with van der Waals surface area (Å²) in [6.45, 7) is 3.42. The third-order valence-corrected chi connectivity index (χ3v) is 3.01. The fourth-order valence-corrected chi connectivity index (χ4v) is 2.21. The lowest BCUT2D eigenvalue weighted by Gasteiger charge is -2.30. The summed E-state index contributed by atoms with van der Waals surface area (Å²) in [6, 6.07) is 0.402. The molecule has 58 valence electrons. The zero-order valence-electron chi connectivity index (χ0n) is 6.43. The van der Waals surface area contributed by atoms with Crippen LogP contribution >= 0.6 is 0 Å². The molecule has 2 rings (SSSR count). The number of aliphatic hydroxyl groups excluding tert-OH is 1. The molecule has 3 unspecified atom stereocenters. The van der Waals surface area contributed by atoms with Gasteiger partial charge in [-0.25, -0.2) is 0 Å². The highest BCUT2D eigenvalue weighted by Gasteiger charge is 2.42. The first-order valence-electron chi connectivity index (χ1n) is 4.11. The van der Waals surface area contributed by atoms with Gasteiger partial charge in [-0.1, -0.05) is 6.92 Å². The fourth-order valence-electron chi connectivity index (χ4n) is 2.21. The summed E-state index contributed by atoms with van der Waals surface area (Å²) in [7, 11) is 0. The van der Waals surface area contributed by atoms with Gasteiger partial charge in [-0.05, 0) is 24.7 Å². The molecule has 10 heavy (non-hydrogen) atoms. The van der Waals surface area contributed by atoms with Gasteiger partial charge >= 0.3 is 0 Å². The molecule has 2 aliphatic rings. The van der Waals surface area contributed by atoms with Gasteiger partial charge in [0.15, 0.2) is 0 Å². The van der Waals surface area contributed by atoms with Gasteiger partial charge < -0.3 is 10.4 Å². The van der Waals surface area contributed by atoms with Crippen molar-refractivity contribution in [3.05, 3.63) is 0 Å². The highest BCUT2D eigenvalue weighted by Crippen LogP contribution is 2.39. The molecule has 1 saturated heterocycles. The number of hydrogen-bond acceptors (Lipinski definition) is 2. The van der Waals surface area contributed by atoms with Crippen LogP contribution < -0.4 is 5.32 Å². The van der Waals surface area contributed by atoms with Gasteiger partial charge in [0.2, 0.25) is 0 Å². The molecule has 0 radical (unpaired) electrons. The molecule has 0 aromatic heterocycles. The van der Waals surface area contributed by atoms with Crippen molar-refractivity contribution in [2.45, 2.75) is 38.3 Å². The van der Waals surface area contributed by atoms with E-state index in [-0.39, 0.29) is 6.10 Å². The fraction of sp³-hybridized carbons (Fsp3) is 1.00. The van der Waals surface area contributed by atoms with Gasteiger partial charge in [0.1, 0.15) is 0 Å². The normalized spacial score (nSPS) is 53.4. The molecule has 2 fully saturated rings. The maximum absolute atomic E-state index is 9.45. The Morgan fingerprint density at radius 3 is 3.10 bits per heavy atom. The molecule has 2 nitrogen and oxygen atoms in total. The second kappa shape index (κ2) is 1.95. The maximum Gasteiger partial charge on any atom is 0.0693 e. The minimum absolute atomic E-state index is 0.0735. The molecule has 2 N–H and O–H groups in total. The Kier molecular flexibility index (Phi) is 1.29. The molecule has 1 saturated carbocycles. The van der Waals surface area contributed by atoms with Crippen molar-refractivity contribution < 1.29 is 5.11 Å². The van der Waals surface area contributed by atoms with E-state index in [0.717, 1.165) is 13.0 Å². The van der Waals surface area contributed by atoms with Gasteiger partial charge in [0.05, 0.1) is 6.10 Å². The van der Waals surface area contributed by atoms with E-state index >= 15 is 0 Å². The van der Waals surface area contributed by atoms with Crippen molar-refractivity contribution in [1.82, 2.24) is 5.32 Å². The molecule has 1 aliphatic heterocycles. The number of aliphatic hydroxyl groups is 1. The van der Waals surface area contributed by atoms with E-state index in [9.17, 15) is 5.11 Å². The summed E-state index contributed by atoms with van der Waals surface area (Å²) in [6.07, 6.45) is 3.29. The highest BCUT2D eigenvalue weighted by molar-refractivity contribution is 4.98. The Bertz CT molecular complexity index is 148. The minimum Gasteiger partial charge on any atom is -0.392 e. The molecule has 0 aromatic carbocycles. The van der Waals surface area contributed by atoms with E-state index in [2.05, 4.69) is 12.2 Å². The van der Waals surface area contributed by atoms with E-state index in [4.69, 9.17) is 0 Å². The van der Waals surface area contributed by atoms with Crippen LogP contribution in [0.15, 0.2) is 0 Å². The zero-order valence-corrected chi connectivity index (χ0v) is 6.43. The third kappa shape index (κ3) is 0.867. The largest absolute Gasteiger partial charge is 0.392 e. The van der Waals surface area contributed by atoms with Crippen LogP contribution in [-0.4, -0.2) is 23.8 Å². The van der Waals surface area contributed by atoms with Crippen LogP contribution in [-0.2, 0) is 0 Å². The van der Waals surface area contributed by atoms with Crippen LogP contribution in [0.5, 0.6) is 0 Å². The Hall–Kier alpha value is -0.0800. The third-order valence-electron chi connectivity index (χ3n) is 3.01. The van der Waals surface area contributed by atoms with Crippen molar-refractivity contribution in [2.75, 3.05) is 6.54 Å². The zero-order chi connectivity index (χ0) is 7.19. The molecule has 0 spiro atoms. The number of rotatable bonds is 0. The van der Waals surface area contributed by atoms with Gasteiger partial charge in [-0.2, -0.15) is 0 Å². The van der Waals surface area contributed by atoms with Crippen molar-refractivity contribution >= 4 is 0 Å². The monoisotopic (exact) mass is 141 g/mol.